The number of aliphatic hydroxyl groups excluding tert-OH is 2. The maximum absolute atomic E-state index is 12.1. The molecule has 1 rings (SSSR count). The van der Waals surface area contributed by atoms with Crippen LogP contribution in [0, 0.1) is 0 Å². The van der Waals surface area contributed by atoms with Crippen LogP contribution >= 0.6 is 0 Å². The Kier molecular flexibility index (Phi) is 6.69. The second-order valence-corrected chi connectivity index (χ2v) is 4.35. The number of hydrogen-bond donors (Lipinski definition) is 3. The number of aliphatic hydroxyl groups is 2. The summed E-state index contributed by atoms with van der Waals surface area (Å²) in [6, 6.07) is 6.86. The van der Waals surface area contributed by atoms with Crippen LogP contribution in [0.4, 0.5) is 0 Å². The molecule has 0 aliphatic heterocycles. The summed E-state index contributed by atoms with van der Waals surface area (Å²) in [6.45, 7) is 1.94. The summed E-state index contributed by atoms with van der Waals surface area (Å²) in [5.41, 5.74) is 1.38. The highest BCUT2D eigenvalue weighted by Gasteiger charge is 2.14. The van der Waals surface area contributed by atoms with Crippen molar-refractivity contribution in [2.24, 2.45) is 0 Å². The van der Waals surface area contributed by atoms with Crippen LogP contribution in [0.5, 0.6) is 0 Å². The summed E-state index contributed by atoms with van der Waals surface area (Å²) < 4.78 is 0. The Bertz CT molecular complexity index is 439. The zero-order valence-corrected chi connectivity index (χ0v) is 11.5. The average molecular weight is 280 g/mol. The average Bonchev–Trinajstić information content (AvgIpc) is 2.44. The summed E-state index contributed by atoms with van der Waals surface area (Å²) in [4.78, 5) is 24.3. The van der Waals surface area contributed by atoms with E-state index in [1.807, 2.05) is 0 Å². The second kappa shape index (κ2) is 8.29. The predicted molar refractivity (Wildman–Crippen MR) is 74.0 cm³/mol. The van der Waals surface area contributed by atoms with Crippen molar-refractivity contribution < 1.29 is 19.8 Å². The maximum Gasteiger partial charge on any atom is 0.254 e. The van der Waals surface area contributed by atoms with E-state index < -0.39 is 0 Å². The molecule has 0 aromatic heterocycles. The highest BCUT2D eigenvalue weighted by Crippen LogP contribution is 2.08. The van der Waals surface area contributed by atoms with Crippen molar-refractivity contribution in [2.75, 3.05) is 26.3 Å². The molecule has 0 spiro atoms. The number of carbonyl (C=O) groups is 2. The Labute approximate surface area is 118 Å². The molecule has 20 heavy (non-hydrogen) atoms. The van der Waals surface area contributed by atoms with Crippen molar-refractivity contribution >= 4 is 11.8 Å². The van der Waals surface area contributed by atoms with Gasteiger partial charge >= 0.3 is 0 Å². The molecule has 1 aromatic carbocycles. The number of rotatable bonds is 7. The Morgan fingerprint density at radius 1 is 1.10 bits per heavy atom. The van der Waals surface area contributed by atoms with Crippen LogP contribution in [0.1, 0.15) is 22.8 Å². The van der Waals surface area contributed by atoms with E-state index in [0.29, 0.717) is 12.1 Å². The minimum atomic E-state index is -0.237. The van der Waals surface area contributed by atoms with E-state index in [4.69, 9.17) is 10.2 Å². The van der Waals surface area contributed by atoms with Gasteiger partial charge in [-0.25, -0.2) is 0 Å². The molecule has 3 N–H and O–H groups in total. The molecule has 6 nitrogen and oxygen atoms in total. The minimum absolute atomic E-state index is 0.109. The van der Waals surface area contributed by atoms with Crippen LogP contribution in [0.2, 0.25) is 0 Å². The Hall–Kier alpha value is -1.92. The van der Waals surface area contributed by atoms with Crippen LogP contribution in [0.3, 0.4) is 0 Å². The van der Waals surface area contributed by atoms with Gasteiger partial charge in [0.25, 0.3) is 5.91 Å². The molecule has 0 radical (unpaired) electrons. The van der Waals surface area contributed by atoms with E-state index >= 15 is 0 Å². The molecule has 0 heterocycles. The van der Waals surface area contributed by atoms with E-state index in [-0.39, 0.29) is 38.1 Å². The van der Waals surface area contributed by atoms with E-state index in [1.54, 1.807) is 24.3 Å². The first-order chi connectivity index (χ1) is 9.58. The molecule has 0 aliphatic rings. The first-order valence-electron chi connectivity index (χ1n) is 6.43. The molecule has 2 amide bonds. The summed E-state index contributed by atoms with van der Waals surface area (Å²) in [7, 11) is 0. The molecule has 0 bridgehead atoms. The zero-order valence-electron chi connectivity index (χ0n) is 11.5. The normalized spacial score (nSPS) is 10.2. The van der Waals surface area contributed by atoms with E-state index in [0.717, 1.165) is 5.56 Å². The predicted octanol–water partition coefficient (Wildman–Crippen LogP) is -0.250. The number of nitrogens with one attached hydrogen (secondary N) is 1. The van der Waals surface area contributed by atoms with Crippen molar-refractivity contribution in [3.05, 3.63) is 35.4 Å². The fourth-order valence-corrected chi connectivity index (χ4v) is 1.73. The van der Waals surface area contributed by atoms with Gasteiger partial charge in [0.05, 0.1) is 13.2 Å². The highest BCUT2D eigenvalue weighted by molar-refractivity contribution is 5.94. The second-order valence-electron chi connectivity index (χ2n) is 4.35. The third-order valence-corrected chi connectivity index (χ3v) is 2.77. The topological polar surface area (TPSA) is 89.9 Å². The lowest BCUT2D eigenvalue weighted by atomic mass is 10.1. The van der Waals surface area contributed by atoms with Gasteiger partial charge in [-0.3, -0.25) is 9.59 Å². The molecule has 110 valence electrons. The fraction of sp³-hybridized carbons (Fsp3) is 0.429. The van der Waals surface area contributed by atoms with Crippen molar-refractivity contribution in [1.29, 1.82) is 0 Å². The standard InChI is InChI=1S/C14H20N2O4/c1-11(19)15-10-12-2-4-13(5-3-12)14(20)16(6-8-17)7-9-18/h2-5,17-18H,6-10H2,1H3,(H,15,19). The lowest BCUT2D eigenvalue weighted by Crippen LogP contribution is -2.35. The van der Waals surface area contributed by atoms with Crippen LogP contribution in [0.15, 0.2) is 24.3 Å². The highest BCUT2D eigenvalue weighted by atomic mass is 16.3. The van der Waals surface area contributed by atoms with E-state index in [2.05, 4.69) is 5.32 Å². The maximum atomic E-state index is 12.1. The lowest BCUT2D eigenvalue weighted by molar-refractivity contribution is -0.119. The van der Waals surface area contributed by atoms with Crippen LogP contribution in [0.25, 0.3) is 0 Å². The number of hydrogen-bond acceptors (Lipinski definition) is 4. The number of carbonyl (C=O) groups excluding carboxylic acids is 2. The monoisotopic (exact) mass is 280 g/mol. The van der Waals surface area contributed by atoms with Gasteiger partial charge in [-0.1, -0.05) is 12.1 Å². The Morgan fingerprint density at radius 3 is 2.10 bits per heavy atom. The summed E-state index contributed by atoms with van der Waals surface area (Å²) in [6.07, 6.45) is 0. The molecule has 0 fully saturated rings. The van der Waals surface area contributed by atoms with Crippen molar-refractivity contribution in [3.8, 4) is 0 Å². The molecule has 0 saturated carbocycles. The zero-order chi connectivity index (χ0) is 15.0. The first-order valence-corrected chi connectivity index (χ1v) is 6.43. The molecular formula is C14H20N2O4. The quantitative estimate of drug-likeness (QED) is 0.642. The first kappa shape index (κ1) is 16.1. The van der Waals surface area contributed by atoms with E-state index in [1.165, 1.54) is 11.8 Å². The largest absolute Gasteiger partial charge is 0.395 e. The van der Waals surface area contributed by atoms with E-state index in [9.17, 15) is 9.59 Å². The molecular weight excluding hydrogens is 260 g/mol. The lowest BCUT2D eigenvalue weighted by Gasteiger charge is -2.20. The Morgan fingerprint density at radius 2 is 1.65 bits per heavy atom. The SMILES string of the molecule is CC(=O)NCc1ccc(C(=O)N(CCO)CCO)cc1. The number of nitrogens with zero attached hydrogens (tertiary/aromatic N) is 1. The van der Waals surface area contributed by atoms with Crippen molar-refractivity contribution in [2.45, 2.75) is 13.5 Å². The molecule has 0 aliphatic carbocycles. The van der Waals surface area contributed by atoms with Gasteiger partial charge in [0.2, 0.25) is 5.91 Å². The van der Waals surface area contributed by atoms with Crippen molar-refractivity contribution in [1.82, 2.24) is 10.2 Å². The summed E-state index contributed by atoms with van der Waals surface area (Å²) >= 11 is 0. The minimum Gasteiger partial charge on any atom is -0.395 e. The molecule has 0 saturated heterocycles. The van der Waals surface area contributed by atoms with Crippen LogP contribution in [-0.4, -0.2) is 53.2 Å². The fourth-order valence-electron chi connectivity index (χ4n) is 1.73. The molecule has 0 unspecified atom stereocenters. The van der Waals surface area contributed by atoms with Gasteiger partial charge in [-0.2, -0.15) is 0 Å². The molecule has 6 heteroatoms. The van der Waals surface area contributed by atoms with Gasteiger partial charge < -0.3 is 20.4 Å². The smallest absolute Gasteiger partial charge is 0.254 e. The third kappa shape index (κ3) is 4.99. The number of amides is 2. The van der Waals surface area contributed by atoms with Gasteiger partial charge in [0.1, 0.15) is 0 Å². The van der Waals surface area contributed by atoms with Crippen LogP contribution in [-0.2, 0) is 11.3 Å². The molecule has 0 atom stereocenters. The third-order valence-electron chi connectivity index (χ3n) is 2.77. The number of benzene rings is 1. The van der Waals surface area contributed by atoms with Gasteiger partial charge in [0.15, 0.2) is 0 Å². The molecule has 1 aromatic rings. The summed E-state index contributed by atoms with van der Waals surface area (Å²) in [5.74, 6) is -0.346. The van der Waals surface area contributed by atoms with Gasteiger partial charge in [0, 0.05) is 32.1 Å². The Balaban J connectivity index is 2.70. The van der Waals surface area contributed by atoms with Gasteiger partial charge in [-0.15, -0.1) is 0 Å². The van der Waals surface area contributed by atoms with Gasteiger partial charge in [-0.05, 0) is 17.7 Å². The van der Waals surface area contributed by atoms with Crippen LogP contribution < -0.4 is 5.32 Å². The van der Waals surface area contributed by atoms with Crippen molar-refractivity contribution in [3.63, 3.8) is 0 Å². The summed E-state index contributed by atoms with van der Waals surface area (Å²) in [5, 5.41) is 20.5.